The standard InChI is InChI=1S/C14H25NO2/c1-11-5-7-12(8-6-11)15-14(13(16)17)9-3-2-4-10-14/h11-12,15H,2-10H2,1H3,(H,16,17). The lowest BCUT2D eigenvalue weighted by atomic mass is 9.79. The zero-order chi connectivity index (χ0) is 12.3. The van der Waals surface area contributed by atoms with Crippen LogP contribution in [0.5, 0.6) is 0 Å². The van der Waals surface area contributed by atoms with Crippen molar-refractivity contribution in [2.24, 2.45) is 5.92 Å². The molecule has 2 aliphatic rings. The summed E-state index contributed by atoms with van der Waals surface area (Å²) in [7, 11) is 0. The Morgan fingerprint density at radius 2 is 1.71 bits per heavy atom. The Bertz CT molecular complexity index is 263. The fourth-order valence-corrected chi connectivity index (χ4v) is 3.37. The molecule has 2 fully saturated rings. The van der Waals surface area contributed by atoms with Crippen molar-refractivity contribution in [1.29, 1.82) is 0 Å². The maximum absolute atomic E-state index is 11.6. The normalized spacial score (nSPS) is 33.2. The first kappa shape index (κ1) is 12.9. The van der Waals surface area contributed by atoms with E-state index in [4.69, 9.17) is 0 Å². The van der Waals surface area contributed by atoms with E-state index in [-0.39, 0.29) is 0 Å². The number of carboxylic acid groups (broad SMARTS) is 1. The topological polar surface area (TPSA) is 49.3 Å². The van der Waals surface area contributed by atoms with Crippen LogP contribution >= 0.6 is 0 Å². The van der Waals surface area contributed by atoms with Crippen molar-refractivity contribution in [3.05, 3.63) is 0 Å². The number of nitrogens with one attached hydrogen (secondary N) is 1. The van der Waals surface area contributed by atoms with E-state index < -0.39 is 11.5 Å². The second kappa shape index (κ2) is 5.38. The quantitative estimate of drug-likeness (QED) is 0.796. The van der Waals surface area contributed by atoms with Gasteiger partial charge in [0.05, 0.1) is 0 Å². The molecule has 0 aromatic heterocycles. The molecule has 0 unspecified atom stereocenters. The second-order valence-electron chi connectivity index (χ2n) is 6.05. The predicted molar refractivity (Wildman–Crippen MR) is 68.0 cm³/mol. The van der Waals surface area contributed by atoms with Crippen LogP contribution in [0.2, 0.25) is 0 Å². The molecule has 0 heterocycles. The molecule has 3 nitrogen and oxygen atoms in total. The van der Waals surface area contributed by atoms with E-state index in [0.29, 0.717) is 6.04 Å². The van der Waals surface area contributed by atoms with Crippen molar-refractivity contribution < 1.29 is 9.90 Å². The van der Waals surface area contributed by atoms with Crippen LogP contribution in [0.1, 0.15) is 64.7 Å². The first-order valence-corrected chi connectivity index (χ1v) is 7.13. The van der Waals surface area contributed by atoms with Gasteiger partial charge in [0.15, 0.2) is 0 Å². The van der Waals surface area contributed by atoms with Crippen LogP contribution < -0.4 is 5.32 Å². The number of rotatable bonds is 3. The molecule has 0 aromatic carbocycles. The summed E-state index contributed by atoms with van der Waals surface area (Å²) in [5.41, 5.74) is -0.608. The molecular formula is C14H25NO2. The van der Waals surface area contributed by atoms with E-state index >= 15 is 0 Å². The van der Waals surface area contributed by atoms with Gasteiger partial charge in [-0.15, -0.1) is 0 Å². The summed E-state index contributed by atoms with van der Waals surface area (Å²) < 4.78 is 0. The van der Waals surface area contributed by atoms with Gasteiger partial charge in [0.1, 0.15) is 5.54 Å². The zero-order valence-electron chi connectivity index (χ0n) is 10.9. The molecule has 98 valence electrons. The van der Waals surface area contributed by atoms with Gasteiger partial charge in [-0.2, -0.15) is 0 Å². The van der Waals surface area contributed by atoms with Gasteiger partial charge in [0.25, 0.3) is 0 Å². The maximum Gasteiger partial charge on any atom is 0.323 e. The lowest BCUT2D eigenvalue weighted by Gasteiger charge is -2.39. The number of hydrogen-bond acceptors (Lipinski definition) is 2. The van der Waals surface area contributed by atoms with E-state index in [1.165, 1.54) is 19.3 Å². The van der Waals surface area contributed by atoms with E-state index in [2.05, 4.69) is 12.2 Å². The van der Waals surface area contributed by atoms with Crippen LogP contribution in [0, 0.1) is 5.92 Å². The highest BCUT2D eigenvalue weighted by atomic mass is 16.4. The van der Waals surface area contributed by atoms with E-state index in [9.17, 15) is 9.90 Å². The molecule has 2 saturated carbocycles. The molecule has 0 atom stereocenters. The SMILES string of the molecule is CC1CCC(NC2(C(=O)O)CCCCC2)CC1. The molecule has 0 spiro atoms. The highest BCUT2D eigenvalue weighted by Crippen LogP contribution is 2.32. The van der Waals surface area contributed by atoms with Crippen molar-refractivity contribution in [2.45, 2.75) is 76.3 Å². The molecule has 0 bridgehead atoms. The Morgan fingerprint density at radius 1 is 1.12 bits per heavy atom. The van der Waals surface area contributed by atoms with Crippen LogP contribution in [0.4, 0.5) is 0 Å². The second-order valence-corrected chi connectivity index (χ2v) is 6.05. The maximum atomic E-state index is 11.6. The summed E-state index contributed by atoms with van der Waals surface area (Å²) in [6.45, 7) is 2.30. The van der Waals surface area contributed by atoms with Crippen LogP contribution in [0.25, 0.3) is 0 Å². The fourth-order valence-electron chi connectivity index (χ4n) is 3.37. The van der Waals surface area contributed by atoms with Gasteiger partial charge in [-0.1, -0.05) is 26.2 Å². The van der Waals surface area contributed by atoms with Gasteiger partial charge in [0, 0.05) is 6.04 Å². The summed E-state index contributed by atoms with van der Waals surface area (Å²) in [6.07, 6.45) is 9.72. The number of hydrogen-bond donors (Lipinski definition) is 2. The smallest absolute Gasteiger partial charge is 0.323 e. The number of carboxylic acids is 1. The van der Waals surface area contributed by atoms with Crippen molar-refractivity contribution in [1.82, 2.24) is 5.32 Å². The van der Waals surface area contributed by atoms with Crippen molar-refractivity contribution in [2.75, 3.05) is 0 Å². The third kappa shape index (κ3) is 3.01. The van der Waals surface area contributed by atoms with Crippen LogP contribution in [0.15, 0.2) is 0 Å². The Morgan fingerprint density at radius 3 is 2.24 bits per heavy atom. The largest absolute Gasteiger partial charge is 0.480 e. The lowest BCUT2D eigenvalue weighted by molar-refractivity contribution is -0.147. The molecule has 3 heteroatoms. The van der Waals surface area contributed by atoms with Gasteiger partial charge in [0.2, 0.25) is 0 Å². The molecule has 0 saturated heterocycles. The Balaban J connectivity index is 1.95. The average Bonchev–Trinajstić information content (AvgIpc) is 2.33. The molecule has 0 radical (unpaired) electrons. The molecule has 0 aromatic rings. The molecule has 0 amide bonds. The van der Waals surface area contributed by atoms with Crippen LogP contribution in [-0.4, -0.2) is 22.7 Å². The van der Waals surface area contributed by atoms with E-state index in [0.717, 1.165) is 44.4 Å². The van der Waals surface area contributed by atoms with Gasteiger partial charge in [-0.25, -0.2) is 0 Å². The molecule has 2 N–H and O–H groups in total. The summed E-state index contributed by atoms with van der Waals surface area (Å²) in [5, 5.41) is 13.0. The highest BCUT2D eigenvalue weighted by Gasteiger charge is 2.41. The Kier molecular flexibility index (Phi) is 4.08. The Hall–Kier alpha value is -0.570. The molecule has 17 heavy (non-hydrogen) atoms. The first-order valence-electron chi connectivity index (χ1n) is 7.13. The number of carbonyl (C=O) groups is 1. The van der Waals surface area contributed by atoms with Crippen LogP contribution in [0.3, 0.4) is 0 Å². The van der Waals surface area contributed by atoms with Crippen molar-refractivity contribution >= 4 is 5.97 Å². The van der Waals surface area contributed by atoms with E-state index in [1.54, 1.807) is 0 Å². The fraction of sp³-hybridized carbons (Fsp3) is 0.929. The minimum absolute atomic E-state index is 0.431. The average molecular weight is 239 g/mol. The third-order valence-corrected chi connectivity index (χ3v) is 4.61. The number of aliphatic carboxylic acids is 1. The van der Waals surface area contributed by atoms with Gasteiger partial charge >= 0.3 is 5.97 Å². The van der Waals surface area contributed by atoms with Crippen molar-refractivity contribution in [3.8, 4) is 0 Å². The molecule has 0 aliphatic heterocycles. The summed E-state index contributed by atoms with van der Waals surface area (Å²) in [6, 6.07) is 0.431. The van der Waals surface area contributed by atoms with Crippen molar-refractivity contribution in [3.63, 3.8) is 0 Å². The highest BCUT2D eigenvalue weighted by molar-refractivity contribution is 5.79. The molecule has 2 rings (SSSR count). The zero-order valence-corrected chi connectivity index (χ0v) is 10.9. The Labute approximate surface area is 104 Å². The summed E-state index contributed by atoms with van der Waals surface area (Å²) in [4.78, 5) is 11.6. The monoisotopic (exact) mass is 239 g/mol. The predicted octanol–water partition coefficient (Wildman–Crippen LogP) is 2.94. The van der Waals surface area contributed by atoms with Gasteiger partial charge < -0.3 is 5.11 Å². The van der Waals surface area contributed by atoms with Gasteiger partial charge in [-0.3, -0.25) is 10.1 Å². The molecular weight excluding hydrogens is 214 g/mol. The van der Waals surface area contributed by atoms with Crippen LogP contribution in [-0.2, 0) is 4.79 Å². The molecule has 2 aliphatic carbocycles. The first-order chi connectivity index (χ1) is 8.12. The lowest BCUT2D eigenvalue weighted by Crippen LogP contribution is -2.57. The minimum Gasteiger partial charge on any atom is -0.480 e. The minimum atomic E-state index is -0.629. The summed E-state index contributed by atoms with van der Waals surface area (Å²) in [5.74, 6) is 0.191. The van der Waals surface area contributed by atoms with Gasteiger partial charge in [-0.05, 0) is 44.4 Å². The van der Waals surface area contributed by atoms with E-state index in [1.807, 2.05) is 0 Å². The summed E-state index contributed by atoms with van der Waals surface area (Å²) >= 11 is 0. The third-order valence-electron chi connectivity index (χ3n) is 4.61.